The fraction of sp³-hybridized carbons (Fsp3) is 0.458. The van der Waals surface area contributed by atoms with E-state index in [0.29, 0.717) is 25.2 Å². The van der Waals surface area contributed by atoms with Crippen molar-refractivity contribution in [2.24, 2.45) is 4.99 Å². The lowest BCUT2D eigenvalue weighted by molar-refractivity contribution is -0.141. The fourth-order valence-corrected chi connectivity index (χ4v) is 3.21. The zero-order valence-corrected chi connectivity index (χ0v) is 19.0. The number of alkyl halides is 3. The first-order valence-electron chi connectivity index (χ1n) is 10.8. The van der Waals surface area contributed by atoms with Crippen LogP contribution in [0.4, 0.5) is 17.6 Å². The molecule has 0 heterocycles. The van der Waals surface area contributed by atoms with Crippen LogP contribution in [-0.2, 0) is 6.54 Å². The molecule has 0 aromatic heterocycles. The molecule has 0 saturated carbocycles. The highest BCUT2D eigenvalue weighted by atomic mass is 19.4. The van der Waals surface area contributed by atoms with E-state index in [1.165, 1.54) is 23.2 Å². The van der Waals surface area contributed by atoms with E-state index < -0.39 is 12.7 Å². The minimum absolute atomic E-state index is 0.200. The Kier molecular flexibility index (Phi) is 11.6. The lowest BCUT2D eigenvalue weighted by Gasteiger charge is -2.36. The molecule has 0 bridgehead atoms. The van der Waals surface area contributed by atoms with E-state index in [-0.39, 0.29) is 23.9 Å². The van der Waals surface area contributed by atoms with Crippen LogP contribution >= 0.6 is 0 Å². The van der Waals surface area contributed by atoms with Crippen LogP contribution in [-0.4, -0.2) is 42.3 Å². The molecule has 0 aliphatic carbocycles. The molecule has 32 heavy (non-hydrogen) atoms. The quantitative estimate of drug-likeness (QED) is 0.194. The average molecular weight is 455 g/mol. The smallest absolute Gasteiger partial charge is 0.363 e. The highest BCUT2D eigenvalue weighted by molar-refractivity contribution is 5.37. The summed E-state index contributed by atoms with van der Waals surface area (Å²) >= 11 is 0. The highest BCUT2D eigenvalue weighted by Crippen LogP contribution is 2.28. The van der Waals surface area contributed by atoms with Crippen molar-refractivity contribution in [3.63, 3.8) is 0 Å². The van der Waals surface area contributed by atoms with E-state index >= 15 is 0 Å². The molecule has 0 aliphatic heterocycles. The third-order valence-electron chi connectivity index (χ3n) is 4.81. The molecule has 178 valence electrons. The maximum absolute atomic E-state index is 13.4. The van der Waals surface area contributed by atoms with Gasteiger partial charge >= 0.3 is 6.18 Å². The van der Waals surface area contributed by atoms with Gasteiger partial charge in [0.05, 0.1) is 5.70 Å². The Hall–Kier alpha value is -2.77. The number of benzene rings is 1. The number of nitrogens with zero attached hydrogens (tertiary/aromatic N) is 3. The molecule has 1 aromatic rings. The molecule has 0 spiro atoms. The van der Waals surface area contributed by atoms with Gasteiger partial charge in [-0.2, -0.15) is 13.2 Å². The second-order valence-electron chi connectivity index (χ2n) is 7.44. The van der Waals surface area contributed by atoms with Crippen molar-refractivity contribution in [3.05, 3.63) is 72.2 Å². The highest BCUT2D eigenvalue weighted by Gasteiger charge is 2.33. The monoisotopic (exact) mass is 454 g/mol. The lowest BCUT2D eigenvalue weighted by Crippen LogP contribution is -2.39. The van der Waals surface area contributed by atoms with Crippen LogP contribution in [0.15, 0.2) is 65.8 Å². The van der Waals surface area contributed by atoms with E-state index in [1.54, 1.807) is 12.1 Å². The summed E-state index contributed by atoms with van der Waals surface area (Å²) in [4.78, 5) is 7.17. The van der Waals surface area contributed by atoms with Crippen LogP contribution in [0.1, 0.15) is 45.1 Å². The molecule has 1 rings (SSSR count). The molecule has 0 unspecified atom stereocenters. The van der Waals surface area contributed by atoms with E-state index in [9.17, 15) is 17.6 Å². The Morgan fingerprint density at radius 3 is 2.09 bits per heavy atom. The molecule has 0 aliphatic rings. The molecule has 8 heteroatoms. The van der Waals surface area contributed by atoms with Crippen LogP contribution < -0.4 is 5.32 Å². The predicted molar refractivity (Wildman–Crippen MR) is 123 cm³/mol. The standard InChI is InChI=1S/C24H34F4N4/c1-6-9-15-31(17-20-11-13-21(25)14-12-20)22(23(29-5)30-8-3)19(4)32(16-10-7-2)18-24(26,27)28/h8,11-14,30H,3-7,9-10,15-18H2,1-2H3/b23-22+. The Balaban J connectivity index is 3.48. The van der Waals surface area contributed by atoms with Crippen molar-refractivity contribution in [1.29, 1.82) is 0 Å². The minimum atomic E-state index is -4.39. The summed E-state index contributed by atoms with van der Waals surface area (Å²) in [6.45, 7) is 15.2. The summed E-state index contributed by atoms with van der Waals surface area (Å²) in [6.07, 6.45) is 0.0144. The molecule has 4 nitrogen and oxygen atoms in total. The zero-order chi connectivity index (χ0) is 24.1. The molecule has 0 radical (unpaired) electrons. The number of halogens is 4. The van der Waals surface area contributed by atoms with Crippen molar-refractivity contribution in [2.45, 2.75) is 52.3 Å². The summed E-state index contributed by atoms with van der Waals surface area (Å²) in [7, 11) is 0. The maximum Gasteiger partial charge on any atom is 0.405 e. The van der Waals surface area contributed by atoms with Crippen molar-refractivity contribution in [2.75, 3.05) is 19.6 Å². The van der Waals surface area contributed by atoms with Gasteiger partial charge in [0.2, 0.25) is 0 Å². The van der Waals surface area contributed by atoms with E-state index in [2.05, 4.69) is 30.2 Å². The van der Waals surface area contributed by atoms with Crippen LogP contribution in [0.3, 0.4) is 0 Å². The number of hydrogen-bond donors (Lipinski definition) is 1. The van der Waals surface area contributed by atoms with Crippen LogP contribution in [0.5, 0.6) is 0 Å². The van der Waals surface area contributed by atoms with Crippen molar-refractivity contribution >= 4 is 6.72 Å². The maximum atomic E-state index is 13.4. The Bertz CT molecular complexity index is 769. The van der Waals surface area contributed by atoms with Gasteiger partial charge in [-0.25, -0.2) is 9.38 Å². The molecule has 0 saturated heterocycles. The minimum Gasteiger partial charge on any atom is -0.363 e. The van der Waals surface area contributed by atoms with Crippen LogP contribution in [0, 0.1) is 5.82 Å². The first-order valence-corrected chi connectivity index (χ1v) is 10.8. The first kappa shape index (κ1) is 27.3. The fourth-order valence-electron chi connectivity index (χ4n) is 3.21. The van der Waals surface area contributed by atoms with Gasteiger partial charge < -0.3 is 15.1 Å². The van der Waals surface area contributed by atoms with Gasteiger partial charge in [0.25, 0.3) is 0 Å². The second-order valence-corrected chi connectivity index (χ2v) is 7.44. The molecule has 0 atom stereocenters. The topological polar surface area (TPSA) is 30.9 Å². The van der Waals surface area contributed by atoms with E-state index in [1.807, 2.05) is 18.7 Å². The Morgan fingerprint density at radius 1 is 1.06 bits per heavy atom. The number of unbranched alkanes of at least 4 members (excludes halogenated alkanes) is 2. The molecule has 0 amide bonds. The summed E-state index contributed by atoms with van der Waals surface area (Å²) in [5, 5.41) is 2.88. The molecular formula is C24H34F4N4. The van der Waals surface area contributed by atoms with E-state index in [0.717, 1.165) is 24.8 Å². The van der Waals surface area contributed by atoms with E-state index in [4.69, 9.17) is 0 Å². The lowest BCUT2D eigenvalue weighted by atomic mass is 10.1. The summed E-state index contributed by atoms with van der Waals surface area (Å²) in [6, 6.07) is 6.02. The average Bonchev–Trinajstić information content (AvgIpc) is 2.74. The van der Waals surface area contributed by atoms with Crippen LogP contribution in [0.25, 0.3) is 0 Å². The molecule has 1 aromatic carbocycles. The summed E-state index contributed by atoms with van der Waals surface area (Å²) in [5.41, 5.74) is 1.43. The van der Waals surface area contributed by atoms with Crippen molar-refractivity contribution in [1.82, 2.24) is 15.1 Å². The third-order valence-corrected chi connectivity index (χ3v) is 4.81. The SMILES string of the molecule is C=CN/C(N=C)=C(\C(=C)N(CCCC)CC(F)(F)F)N(CCCC)Cc1ccc(F)cc1. The van der Waals surface area contributed by atoms with Gasteiger partial charge in [0.1, 0.15) is 18.1 Å². The zero-order valence-electron chi connectivity index (χ0n) is 19.0. The van der Waals surface area contributed by atoms with Gasteiger partial charge in [0, 0.05) is 19.6 Å². The van der Waals surface area contributed by atoms with Gasteiger partial charge in [-0.05, 0) is 43.5 Å². The normalized spacial score (nSPS) is 12.1. The van der Waals surface area contributed by atoms with Crippen LogP contribution in [0.2, 0.25) is 0 Å². The first-order chi connectivity index (χ1) is 15.2. The summed E-state index contributed by atoms with van der Waals surface area (Å²) in [5.74, 6) is -0.0846. The molecule has 0 fully saturated rings. The predicted octanol–water partition coefficient (Wildman–Crippen LogP) is 6.21. The van der Waals surface area contributed by atoms with Gasteiger partial charge in [-0.3, -0.25) is 0 Å². The molecule has 1 N–H and O–H groups in total. The Morgan fingerprint density at radius 2 is 1.62 bits per heavy atom. The number of nitrogens with one attached hydrogen (secondary N) is 1. The number of rotatable bonds is 15. The van der Waals surface area contributed by atoms with Crippen molar-refractivity contribution < 1.29 is 17.6 Å². The van der Waals surface area contributed by atoms with Crippen molar-refractivity contribution in [3.8, 4) is 0 Å². The third kappa shape index (κ3) is 9.16. The molecular weight excluding hydrogens is 420 g/mol. The summed E-state index contributed by atoms with van der Waals surface area (Å²) < 4.78 is 53.5. The Labute approximate surface area is 189 Å². The number of aliphatic imine (C=N–C) groups is 1. The number of hydrogen-bond acceptors (Lipinski definition) is 4. The largest absolute Gasteiger partial charge is 0.405 e. The van der Waals surface area contributed by atoms with Gasteiger partial charge in [0.15, 0.2) is 5.82 Å². The van der Waals surface area contributed by atoms with Gasteiger partial charge in [-0.15, -0.1) is 0 Å². The van der Waals surface area contributed by atoms with Gasteiger partial charge in [-0.1, -0.05) is 52.0 Å². The second kappa shape index (κ2) is 13.6.